The maximum absolute atomic E-state index is 9.64. The Bertz CT molecular complexity index is 1350. The zero-order valence-electron chi connectivity index (χ0n) is 21.4. The van der Waals surface area contributed by atoms with Crippen LogP contribution in [0, 0.1) is 11.3 Å². The molecule has 0 unspecified atom stereocenters. The van der Waals surface area contributed by atoms with E-state index in [-0.39, 0.29) is 6.10 Å². The van der Waals surface area contributed by atoms with Gasteiger partial charge in [-0.1, -0.05) is 30.3 Å². The fourth-order valence-electron chi connectivity index (χ4n) is 4.63. The van der Waals surface area contributed by atoms with Crippen molar-refractivity contribution in [2.24, 2.45) is 0 Å². The van der Waals surface area contributed by atoms with E-state index >= 15 is 0 Å². The van der Waals surface area contributed by atoms with E-state index in [4.69, 9.17) is 14.5 Å². The highest BCUT2D eigenvalue weighted by Gasteiger charge is 2.19. The number of anilines is 1. The van der Waals surface area contributed by atoms with E-state index in [2.05, 4.69) is 63.4 Å². The van der Waals surface area contributed by atoms with E-state index in [0.29, 0.717) is 24.5 Å². The quantitative estimate of drug-likeness (QED) is 0.318. The molecule has 190 valence electrons. The van der Waals surface area contributed by atoms with Crippen molar-refractivity contribution in [3.05, 3.63) is 78.2 Å². The molecule has 5 rings (SSSR count). The molecule has 3 aromatic heterocycles. The first-order valence-electron chi connectivity index (χ1n) is 12.7. The summed E-state index contributed by atoms with van der Waals surface area (Å²) in [7, 11) is 0. The number of hydrogen-bond acceptors (Lipinski definition) is 7. The number of piperazine rings is 1. The molecule has 1 fully saturated rings. The van der Waals surface area contributed by atoms with E-state index in [0.717, 1.165) is 55.2 Å². The molecule has 0 bridgehead atoms. The first kappa shape index (κ1) is 24.8. The maximum atomic E-state index is 9.64. The second-order valence-electron chi connectivity index (χ2n) is 9.47. The van der Waals surface area contributed by atoms with Crippen molar-refractivity contribution in [1.29, 1.82) is 5.26 Å². The van der Waals surface area contributed by atoms with Crippen molar-refractivity contribution < 1.29 is 9.47 Å². The van der Waals surface area contributed by atoms with Crippen LogP contribution < -0.4 is 9.64 Å². The van der Waals surface area contributed by atoms with Gasteiger partial charge >= 0.3 is 0 Å². The smallest absolute Gasteiger partial charge is 0.138 e. The Labute approximate surface area is 217 Å². The zero-order chi connectivity index (χ0) is 25.6. The van der Waals surface area contributed by atoms with Gasteiger partial charge in [0.1, 0.15) is 24.2 Å². The summed E-state index contributed by atoms with van der Waals surface area (Å²) >= 11 is 0. The molecular formula is C29H32N6O2. The average Bonchev–Trinajstić information content (AvgIpc) is 3.35. The van der Waals surface area contributed by atoms with Gasteiger partial charge in [-0.25, -0.2) is 9.50 Å². The highest BCUT2D eigenvalue weighted by molar-refractivity contribution is 5.85. The number of rotatable bonds is 9. The first-order valence-corrected chi connectivity index (χ1v) is 12.7. The SMILES string of the molecule is CC(C)OCCOc1cc(-c2ccc(N3CCN(Cc4ccccc4)CC3)nc2)c2c(C#N)cnn2c1. The minimum absolute atomic E-state index is 0.155. The molecule has 1 aromatic carbocycles. The lowest BCUT2D eigenvalue weighted by Gasteiger charge is -2.35. The first-order chi connectivity index (χ1) is 18.1. The van der Waals surface area contributed by atoms with Gasteiger partial charge in [0.25, 0.3) is 0 Å². The summed E-state index contributed by atoms with van der Waals surface area (Å²) in [5.74, 6) is 1.63. The van der Waals surface area contributed by atoms with Crippen LogP contribution in [-0.2, 0) is 11.3 Å². The van der Waals surface area contributed by atoms with Crippen molar-refractivity contribution in [1.82, 2.24) is 19.5 Å². The average molecular weight is 497 g/mol. The van der Waals surface area contributed by atoms with Gasteiger partial charge in [-0.05, 0) is 37.6 Å². The van der Waals surface area contributed by atoms with Gasteiger partial charge in [0.05, 0.1) is 36.2 Å². The highest BCUT2D eigenvalue weighted by Crippen LogP contribution is 2.31. The van der Waals surface area contributed by atoms with Crippen molar-refractivity contribution in [3.8, 4) is 22.9 Å². The predicted octanol–water partition coefficient (Wildman–Crippen LogP) is 4.39. The summed E-state index contributed by atoms with van der Waals surface area (Å²) in [6.07, 6.45) is 5.41. The number of nitriles is 1. The molecule has 1 saturated heterocycles. The molecule has 0 radical (unpaired) electrons. The Kier molecular flexibility index (Phi) is 7.64. The topological polar surface area (TPSA) is 78.9 Å². The fourth-order valence-corrected chi connectivity index (χ4v) is 4.63. The number of ether oxygens (including phenoxy) is 2. The van der Waals surface area contributed by atoms with Crippen LogP contribution in [0.5, 0.6) is 5.75 Å². The standard InChI is InChI=1S/C29H32N6O2/c1-22(2)36-14-15-37-26-16-27(29-25(17-30)19-32-35(29)21-26)24-8-9-28(31-18-24)34-12-10-33(11-13-34)20-23-6-4-3-5-7-23/h3-9,16,18-19,21-22H,10-15,20H2,1-2H3. The number of fused-ring (bicyclic) bond motifs is 1. The fraction of sp³-hybridized carbons (Fsp3) is 0.345. The number of pyridine rings is 2. The molecule has 1 aliphatic rings. The second-order valence-corrected chi connectivity index (χ2v) is 9.47. The lowest BCUT2D eigenvalue weighted by molar-refractivity contribution is 0.0552. The summed E-state index contributed by atoms with van der Waals surface area (Å²) in [6, 6.07) is 18.9. The lowest BCUT2D eigenvalue weighted by atomic mass is 10.1. The number of nitrogens with zero attached hydrogens (tertiary/aromatic N) is 6. The summed E-state index contributed by atoms with van der Waals surface area (Å²) in [6.45, 7) is 9.79. The normalized spacial score (nSPS) is 14.3. The second kappa shape index (κ2) is 11.4. The third-order valence-corrected chi connectivity index (χ3v) is 6.51. The van der Waals surface area contributed by atoms with Gasteiger partial charge in [-0.2, -0.15) is 10.4 Å². The third kappa shape index (κ3) is 5.91. The van der Waals surface area contributed by atoms with Crippen LogP contribution in [0.15, 0.2) is 67.1 Å². The van der Waals surface area contributed by atoms with E-state index in [1.54, 1.807) is 16.9 Å². The summed E-state index contributed by atoms with van der Waals surface area (Å²) < 4.78 is 13.2. The van der Waals surface area contributed by atoms with Gasteiger partial charge in [-0.15, -0.1) is 0 Å². The van der Waals surface area contributed by atoms with Gasteiger partial charge in [0, 0.05) is 50.0 Å². The lowest BCUT2D eigenvalue weighted by Crippen LogP contribution is -2.46. The molecule has 37 heavy (non-hydrogen) atoms. The molecule has 0 aliphatic carbocycles. The Morgan fingerprint density at radius 2 is 1.81 bits per heavy atom. The van der Waals surface area contributed by atoms with Crippen molar-refractivity contribution in [2.45, 2.75) is 26.5 Å². The summed E-state index contributed by atoms with van der Waals surface area (Å²) in [4.78, 5) is 9.60. The van der Waals surface area contributed by atoms with Crippen molar-refractivity contribution in [2.75, 3.05) is 44.3 Å². The van der Waals surface area contributed by atoms with E-state index in [9.17, 15) is 5.26 Å². The maximum Gasteiger partial charge on any atom is 0.138 e. The molecule has 8 heteroatoms. The van der Waals surface area contributed by atoms with Gasteiger partial charge in [0.15, 0.2) is 0 Å². The Balaban J connectivity index is 1.30. The predicted molar refractivity (Wildman–Crippen MR) is 144 cm³/mol. The molecule has 4 heterocycles. The molecule has 4 aromatic rings. The molecule has 0 saturated carbocycles. The van der Waals surface area contributed by atoms with Crippen molar-refractivity contribution >= 4 is 11.3 Å². The minimum Gasteiger partial charge on any atom is -0.490 e. The van der Waals surface area contributed by atoms with Crippen molar-refractivity contribution in [3.63, 3.8) is 0 Å². The summed E-state index contributed by atoms with van der Waals surface area (Å²) in [5, 5.41) is 14.0. The number of hydrogen-bond donors (Lipinski definition) is 0. The van der Waals surface area contributed by atoms with Gasteiger partial charge in [0.2, 0.25) is 0 Å². The highest BCUT2D eigenvalue weighted by atomic mass is 16.5. The zero-order valence-corrected chi connectivity index (χ0v) is 21.4. The monoisotopic (exact) mass is 496 g/mol. The Morgan fingerprint density at radius 3 is 2.51 bits per heavy atom. The molecule has 8 nitrogen and oxygen atoms in total. The summed E-state index contributed by atoms with van der Waals surface area (Å²) in [5.41, 5.74) is 4.39. The Hall–Kier alpha value is -3.93. The third-order valence-electron chi connectivity index (χ3n) is 6.51. The molecule has 0 amide bonds. The van der Waals surface area contributed by atoms with Crippen LogP contribution in [0.4, 0.5) is 5.82 Å². The van der Waals surface area contributed by atoms with E-state index in [1.807, 2.05) is 26.1 Å². The van der Waals surface area contributed by atoms with Gasteiger partial charge in [-0.3, -0.25) is 4.90 Å². The molecular weight excluding hydrogens is 464 g/mol. The molecule has 0 spiro atoms. The number of aromatic nitrogens is 3. The minimum atomic E-state index is 0.155. The van der Waals surface area contributed by atoms with Crippen LogP contribution in [0.2, 0.25) is 0 Å². The molecule has 0 atom stereocenters. The Morgan fingerprint density at radius 1 is 1.00 bits per heavy atom. The van der Waals surface area contributed by atoms with Crippen LogP contribution >= 0.6 is 0 Å². The van der Waals surface area contributed by atoms with E-state index in [1.165, 1.54) is 5.56 Å². The van der Waals surface area contributed by atoms with E-state index < -0.39 is 0 Å². The largest absolute Gasteiger partial charge is 0.490 e. The van der Waals surface area contributed by atoms with Crippen LogP contribution in [0.25, 0.3) is 16.6 Å². The number of benzene rings is 1. The van der Waals surface area contributed by atoms with Crippen LogP contribution in [0.3, 0.4) is 0 Å². The molecule has 0 N–H and O–H groups in total. The van der Waals surface area contributed by atoms with Gasteiger partial charge < -0.3 is 14.4 Å². The molecule has 1 aliphatic heterocycles. The van der Waals surface area contributed by atoms with Crippen LogP contribution in [0.1, 0.15) is 25.0 Å². The van der Waals surface area contributed by atoms with Crippen LogP contribution in [-0.4, -0.2) is 65.0 Å².